The molecule has 0 radical (unpaired) electrons. The topological polar surface area (TPSA) is 55.8 Å². The van der Waals surface area contributed by atoms with Crippen LogP contribution < -0.4 is 4.74 Å². The summed E-state index contributed by atoms with van der Waals surface area (Å²) in [6.07, 6.45) is 3.61. The number of nitrogens with zero attached hydrogens (tertiary/aromatic N) is 1. The minimum atomic E-state index is -0.438. The van der Waals surface area contributed by atoms with E-state index >= 15 is 0 Å². The van der Waals surface area contributed by atoms with Gasteiger partial charge in [-0.15, -0.1) is 0 Å². The van der Waals surface area contributed by atoms with Gasteiger partial charge in [-0.05, 0) is 37.0 Å². The van der Waals surface area contributed by atoms with Crippen molar-refractivity contribution >= 4 is 29.0 Å². The van der Waals surface area contributed by atoms with Crippen molar-refractivity contribution in [2.24, 2.45) is 0 Å². The third-order valence-corrected chi connectivity index (χ3v) is 4.39. The molecule has 0 atom stereocenters. The van der Waals surface area contributed by atoms with E-state index in [4.69, 9.17) is 21.1 Å². The first-order valence-corrected chi connectivity index (χ1v) is 9.54. The molecule has 0 saturated carbocycles. The third-order valence-electron chi connectivity index (χ3n) is 4.04. The second-order valence-corrected chi connectivity index (χ2v) is 6.52. The number of amides is 2. The highest BCUT2D eigenvalue weighted by molar-refractivity contribution is 6.55. The Kier molecular flexibility index (Phi) is 8.13. The number of hydrogen-bond donors (Lipinski definition) is 0. The van der Waals surface area contributed by atoms with Crippen LogP contribution in [0.4, 0.5) is 0 Å². The second-order valence-electron chi connectivity index (χ2n) is 6.14. The quantitative estimate of drug-likeness (QED) is 0.430. The predicted octanol–water partition coefficient (Wildman–Crippen LogP) is 4.00. The normalized spacial score (nSPS) is 14.5. The third kappa shape index (κ3) is 5.08. The molecule has 5 nitrogen and oxygen atoms in total. The van der Waals surface area contributed by atoms with Crippen LogP contribution in [-0.2, 0) is 14.3 Å². The average molecular weight is 380 g/mol. The summed E-state index contributed by atoms with van der Waals surface area (Å²) in [4.78, 5) is 26.2. The maximum absolute atomic E-state index is 12.6. The number of benzene rings is 1. The molecule has 1 aliphatic rings. The molecule has 6 heteroatoms. The van der Waals surface area contributed by atoms with Gasteiger partial charge in [-0.3, -0.25) is 14.5 Å². The number of unbranched alkanes of at least 4 members (excludes halogenated alkanes) is 1. The Morgan fingerprint density at radius 2 is 1.62 bits per heavy atom. The smallest absolute Gasteiger partial charge is 0.273 e. The summed E-state index contributed by atoms with van der Waals surface area (Å²) in [6.45, 7) is 6.30. The fourth-order valence-corrected chi connectivity index (χ4v) is 2.90. The van der Waals surface area contributed by atoms with Crippen molar-refractivity contribution < 1.29 is 19.1 Å². The van der Waals surface area contributed by atoms with Crippen molar-refractivity contribution in [3.8, 4) is 5.75 Å². The van der Waals surface area contributed by atoms with Crippen LogP contribution in [0.2, 0.25) is 0 Å². The highest BCUT2D eigenvalue weighted by atomic mass is 35.5. The van der Waals surface area contributed by atoms with Crippen LogP contribution in [0, 0.1) is 0 Å². The Morgan fingerprint density at radius 1 is 0.923 bits per heavy atom. The van der Waals surface area contributed by atoms with E-state index < -0.39 is 5.91 Å². The number of halogens is 1. The Labute approximate surface area is 159 Å². The number of carbonyl (C=O) groups is 2. The lowest BCUT2D eigenvalue weighted by molar-refractivity contribution is -0.136. The largest absolute Gasteiger partial charge is 0.494 e. The zero-order chi connectivity index (χ0) is 18.9. The molecule has 1 aromatic rings. The van der Waals surface area contributed by atoms with Gasteiger partial charge in [0.2, 0.25) is 0 Å². The first kappa shape index (κ1) is 20.5. The molecule has 0 aliphatic carbocycles. The van der Waals surface area contributed by atoms with Crippen molar-refractivity contribution in [3.63, 3.8) is 0 Å². The highest BCUT2D eigenvalue weighted by Crippen LogP contribution is 2.32. The van der Waals surface area contributed by atoms with E-state index in [1.54, 1.807) is 24.3 Å². The SMILES string of the molecule is CCCCOCCCN1C(=O)C(Cl)=C(c2ccc(OCCC)cc2)C1=O. The summed E-state index contributed by atoms with van der Waals surface area (Å²) < 4.78 is 11.0. The minimum absolute atomic E-state index is 0.0240. The van der Waals surface area contributed by atoms with Crippen molar-refractivity contribution in [1.82, 2.24) is 4.90 Å². The fraction of sp³-hybridized carbons (Fsp3) is 0.500. The van der Waals surface area contributed by atoms with E-state index in [1.807, 2.05) is 6.92 Å². The first-order chi connectivity index (χ1) is 12.6. The number of hydrogen-bond acceptors (Lipinski definition) is 4. The lowest BCUT2D eigenvalue weighted by Crippen LogP contribution is -2.32. The lowest BCUT2D eigenvalue weighted by Gasteiger charge is -2.14. The maximum atomic E-state index is 12.6. The molecule has 2 amide bonds. The van der Waals surface area contributed by atoms with Crippen molar-refractivity contribution in [2.75, 3.05) is 26.4 Å². The van der Waals surface area contributed by atoms with Gasteiger partial charge in [0.1, 0.15) is 10.8 Å². The van der Waals surface area contributed by atoms with E-state index in [-0.39, 0.29) is 16.5 Å². The van der Waals surface area contributed by atoms with Gasteiger partial charge in [0, 0.05) is 19.8 Å². The summed E-state index contributed by atoms with van der Waals surface area (Å²) in [5, 5.41) is -0.0240. The first-order valence-electron chi connectivity index (χ1n) is 9.17. The minimum Gasteiger partial charge on any atom is -0.494 e. The van der Waals surface area contributed by atoms with E-state index in [0.29, 0.717) is 38.3 Å². The highest BCUT2D eigenvalue weighted by Gasteiger charge is 2.37. The molecule has 1 aromatic carbocycles. The summed E-state index contributed by atoms with van der Waals surface area (Å²) >= 11 is 6.16. The molecule has 0 spiro atoms. The van der Waals surface area contributed by atoms with Crippen LogP contribution in [0.1, 0.15) is 45.1 Å². The number of ether oxygens (including phenoxy) is 2. The maximum Gasteiger partial charge on any atom is 0.273 e. The van der Waals surface area contributed by atoms with Gasteiger partial charge in [0.05, 0.1) is 12.2 Å². The van der Waals surface area contributed by atoms with Crippen molar-refractivity contribution in [2.45, 2.75) is 39.5 Å². The van der Waals surface area contributed by atoms with E-state index in [0.717, 1.165) is 25.0 Å². The van der Waals surface area contributed by atoms with E-state index in [2.05, 4.69) is 6.92 Å². The molecule has 0 aromatic heterocycles. The van der Waals surface area contributed by atoms with Crippen LogP contribution in [0.15, 0.2) is 29.3 Å². The second kappa shape index (κ2) is 10.3. The average Bonchev–Trinajstić information content (AvgIpc) is 2.86. The Balaban J connectivity index is 1.97. The molecule has 142 valence electrons. The predicted molar refractivity (Wildman–Crippen MR) is 102 cm³/mol. The van der Waals surface area contributed by atoms with Crippen LogP contribution >= 0.6 is 11.6 Å². The van der Waals surface area contributed by atoms with Gasteiger partial charge in [-0.25, -0.2) is 0 Å². The molecule has 2 rings (SSSR count). The molecule has 0 saturated heterocycles. The van der Waals surface area contributed by atoms with Crippen LogP contribution in [-0.4, -0.2) is 43.1 Å². The van der Waals surface area contributed by atoms with Gasteiger partial charge in [-0.2, -0.15) is 0 Å². The molecule has 1 aliphatic heterocycles. The standard InChI is InChI=1S/C20H26ClNO4/c1-3-5-13-25-14-6-11-22-19(23)17(18(21)20(22)24)15-7-9-16(10-8-15)26-12-4-2/h7-10H,3-6,11-14H2,1-2H3. The molecule has 26 heavy (non-hydrogen) atoms. The van der Waals surface area contributed by atoms with Crippen LogP contribution in [0.5, 0.6) is 5.75 Å². The molecular formula is C20H26ClNO4. The van der Waals surface area contributed by atoms with Gasteiger partial charge >= 0.3 is 0 Å². The number of carbonyl (C=O) groups excluding carboxylic acids is 2. The zero-order valence-electron chi connectivity index (χ0n) is 15.4. The molecular weight excluding hydrogens is 354 g/mol. The number of imide groups is 1. The summed E-state index contributed by atoms with van der Waals surface area (Å²) in [5.41, 5.74) is 0.879. The zero-order valence-corrected chi connectivity index (χ0v) is 16.2. The van der Waals surface area contributed by atoms with E-state index in [9.17, 15) is 9.59 Å². The molecule has 0 N–H and O–H groups in total. The molecule has 0 fully saturated rings. The van der Waals surface area contributed by atoms with Crippen molar-refractivity contribution in [1.29, 1.82) is 0 Å². The van der Waals surface area contributed by atoms with Gasteiger partial charge in [-0.1, -0.05) is 44.0 Å². The van der Waals surface area contributed by atoms with Gasteiger partial charge < -0.3 is 9.47 Å². The van der Waals surface area contributed by atoms with Crippen LogP contribution in [0.3, 0.4) is 0 Å². The van der Waals surface area contributed by atoms with Gasteiger partial charge in [0.15, 0.2) is 0 Å². The van der Waals surface area contributed by atoms with Gasteiger partial charge in [0.25, 0.3) is 11.8 Å². The fourth-order valence-electron chi connectivity index (χ4n) is 2.61. The van der Waals surface area contributed by atoms with Crippen molar-refractivity contribution in [3.05, 3.63) is 34.9 Å². The Bertz CT molecular complexity index is 654. The molecule has 0 bridgehead atoms. The summed E-state index contributed by atoms with van der Waals surface area (Å²) in [5.74, 6) is -0.0625. The monoisotopic (exact) mass is 379 g/mol. The van der Waals surface area contributed by atoms with Crippen LogP contribution in [0.25, 0.3) is 5.57 Å². The molecule has 0 unspecified atom stereocenters. The van der Waals surface area contributed by atoms with E-state index in [1.165, 1.54) is 4.90 Å². The summed E-state index contributed by atoms with van der Waals surface area (Å²) in [6, 6.07) is 7.07. The lowest BCUT2D eigenvalue weighted by atomic mass is 10.1. The Morgan fingerprint density at radius 3 is 2.27 bits per heavy atom. The number of rotatable bonds is 11. The Hall–Kier alpha value is -1.85. The summed E-state index contributed by atoms with van der Waals surface area (Å²) in [7, 11) is 0. The molecule has 1 heterocycles.